The summed E-state index contributed by atoms with van der Waals surface area (Å²) in [6, 6.07) is 11.7. The standard InChI is InChI=1S/C32H40FN3O3S/c1-2-3-4-5-6-7-32(38)39-23-36-28-20-24(8-9-25(28)10-11-31(36)37)12-14-34-15-17-35(18-16-34)29-21-26(33)22-30-27(29)13-19-40-30/h8-9,13,19-22H,2-7,10-12,14-18,23H2,1H3. The van der Waals surface area contributed by atoms with Crippen LogP contribution in [0.2, 0.25) is 0 Å². The maximum absolute atomic E-state index is 14.2. The molecule has 0 radical (unpaired) electrons. The minimum absolute atomic E-state index is 0.00796. The van der Waals surface area contributed by atoms with E-state index in [2.05, 4.69) is 41.0 Å². The normalized spacial score (nSPS) is 16.0. The summed E-state index contributed by atoms with van der Waals surface area (Å²) in [4.78, 5) is 31.4. The highest BCUT2D eigenvalue weighted by atomic mass is 32.1. The van der Waals surface area contributed by atoms with Gasteiger partial charge in [0.25, 0.3) is 0 Å². The molecule has 3 aromatic rings. The summed E-state index contributed by atoms with van der Waals surface area (Å²) in [5.74, 6) is -0.400. The van der Waals surface area contributed by atoms with Crippen molar-refractivity contribution in [2.75, 3.05) is 49.3 Å². The molecule has 2 aliphatic rings. The second-order valence-electron chi connectivity index (χ2n) is 10.9. The Balaban J connectivity index is 1.13. The Bertz CT molecular complexity index is 1320. The number of amides is 1. The lowest BCUT2D eigenvalue weighted by atomic mass is 9.98. The van der Waals surface area contributed by atoms with Gasteiger partial charge in [-0.15, -0.1) is 11.3 Å². The molecule has 2 aliphatic heterocycles. The third-order valence-electron chi connectivity index (χ3n) is 8.13. The van der Waals surface area contributed by atoms with Crippen LogP contribution in [0.4, 0.5) is 15.8 Å². The van der Waals surface area contributed by atoms with E-state index in [4.69, 9.17) is 4.74 Å². The fourth-order valence-corrected chi connectivity index (χ4v) is 6.57. The van der Waals surface area contributed by atoms with Crippen molar-refractivity contribution in [2.45, 2.75) is 64.7 Å². The average molecular weight is 566 g/mol. The van der Waals surface area contributed by atoms with Crippen molar-refractivity contribution >= 4 is 44.7 Å². The van der Waals surface area contributed by atoms with Crippen molar-refractivity contribution < 1.29 is 18.7 Å². The molecule has 0 spiro atoms. The minimum atomic E-state index is -0.232. The topological polar surface area (TPSA) is 53.1 Å². The largest absolute Gasteiger partial charge is 0.444 e. The van der Waals surface area contributed by atoms with Gasteiger partial charge in [0, 0.05) is 61.3 Å². The summed E-state index contributed by atoms with van der Waals surface area (Å²) in [7, 11) is 0. The Hall–Kier alpha value is -2.97. The fraction of sp³-hybridized carbons (Fsp3) is 0.500. The second-order valence-corrected chi connectivity index (χ2v) is 11.9. The van der Waals surface area contributed by atoms with E-state index < -0.39 is 0 Å². The molecule has 0 aliphatic carbocycles. The van der Waals surface area contributed by atoms with Gasteiger partial charge in [-0.1, -0.05) is 44.7 Å². The van der Waals surface area contributed by atoms with Crippen LogP contribution in [-0.4, -0.2) is 56.2 Å². The lowest BCUT2D eigenvalue weighted by molar-refractivity contribution is -0.144. The SMILES string of the molecule is CCCCCCCC(=O)OCN1C(=O)CCc2ccc(CCN3CCN(c4cc(F)cc5sccc45)CC3)cc21. The highest BCUT2D eigenvalue weighted by Gasteiger charge is 2.26. The summed E-state index contributed by atoms with van der Waals surface area (Å²) in [6.07, 6.45) is 7.83. The predicted molar refractivity (Wildman–Crippen MR) is 161 cm³/mol. The van der Waals surface area contributed by atoms with Crippen molar-refractivity contribution in [3.8, 4) is 0 Å². The van der Waals surface area contributed by atoms with E-state index in [0.717, 1.165) is 91.9 Å². The van der Waals surface area contributed by atoms with Gasteiger partial charge in [-0.3, -0.25) is 19.4 Å². The number of thiophene rings is 1. The number of benzene rings is 2. The molecule has 5 rings (SSSR count). The number of nitrogens with zero attached hydrogens (tertiary/aromatic N) is 3. The first-order chi connectivity index (χ1) is 19.5. The number of piperazine rings is 1. The van der Waals surface area contributed by atoms with E-state index in [1.54, 1.807) is 28.4 Å². The molecule has 1 amide bonds. The lowest BCUT2D eigenvalue weighted by Crippen LogP contribution is -2.47. The van der Waals surface area contributed by atoms with Gasteiger partial charge in [0.1, 0.15) is 5.82 Å². The van der Waals surface area contributed by atoms with Crippen LogP contribution in [-0.2, 0) is 27.2 Å². The van der Waals surface area contributed by atoms with Crippen molar-refractivity contribution in [2.24, 2.45) is 0 Å². The smallest absolute Gasteiger partial charge is 0.307 e. The summed E-state index contributed by atoms with van der Waals surface area (Å²) in [6.45, 7) is 6.66. The van der Waals surface area contributed by atoms with E-state index in [9.17, 15) is 14.0 Å². The average Bonchev–Trinajstić information content (AvgIpc) is 3.44. The number of carbonyl (C=O) groups excluding carboxylic acids is 2. The zero-order valence-corrected chi connectivity index (χ0v) is 24.3. The quantitative estimate of drug-likeness (QED) is 0.184. The van der Waals surface area contributed by atoms with Gasteiger partial charge < -0.3 is 9.64 Å². The van der Waals surface area contributed by atoms with Crippen LogP contribution in [0.15, 0.2) is 41.8 Å². The van der Waals surface area contributed by atoms with Gasteiger partial charge in [0.2, 0.25) is 5.91 Å². The highest BCUT2D eigenvalue weighted by Crippen LogP contribution is 2.33. The first-order valence-electron chi connectivity index (χ1n) is 14.7. The van der Waals surface area contributed by atoms with Crippen LogP contribution < -0.4 is 9.80 Å². The lowest BCUT2D eigenvalue weighted by Gasteiger charge is -2.36. The zero-order valence-electron chi connectivity index (χ0n) is 23.5. The Kier molecular flexibility index (Phi) is 9.70. The van der Waals surface area contributed by atoms with Crippen molar-refractivity contribution in [3.63, 3.8) is 0 Å². The number of hydrogen-bond acceptors (Lipinski definition) is 6. The first kappa shape index (κ1) is 28.6. The van der Waals surface area contributed by atoms with Crippen LogP contribution in [0.1, 0.15) is 63.0 Å². The van der Waals surface area contributed by atoms with E-state index in [1.807, 2.05) is 5.38 Å². The third kappa shape index (κ3) is 7.02. The molecule has 0 bridgehead atoms. The predicted octanol–water partition coefficient (Wildman–Crippen LogP) is 6.55. The van der Waals surface area contributed by atoms with E-state index in [1.165, 1.54) is 18.4 Å². The Labute approximate surface area is 240 Å². The molecular formula is C32H40FN3O3S. The van der Waals surface area contributed by atoms with Crippen LogP contribution in [0.5, 0.6) is 0 Å². The molecule has 214 valence electrons. The van der Waals surface area contributed by atoms with Gasteiger partial charge in [-0.2, -0.15) is 0 Å². The molecule has 0 N–H and O–H groups in total. The molecule has 1 fully saturated rings. The molecule has 2 aromatic carbocycles. The molecule has 0 unspecified atom stereocenters. The van der Waals surface area contributed by atoms with E-state index >= 15 is 0 Å². The number of fused-ring (bicyclic) bond motifs is 2. The van der Waals surface area contributed by atoms with Crippen LogP contribution >= 0.6 is 11.3 Å². The van der Waals surface area contributed by atoms with Gasteiger partial charge in [-0.05, 0) is 60.0 Å². The number of hydrogen-bond donors (Lipinski definition) is 0. The van der Waals surface area contributed by atoms with Crippen LogP contribution in [0.25, 0.3) is 10.1 Å². The number of halogens is 1. The molecule has 1 aromatic heterocycles. The maximum Gasteiger partial charge on any atom is 0.307 e. The minimum Gasteiger partial charge on any atom is -0.444 e. The summed E-state index contributed by atoms with van der Waals surface area (Å²) in [5.41, 5.74) is 4.17. The molecule has 6 nitrogen and oxygen atoms in total. The van der Waals surface area contributed by atoms with Gasteiger partial charge in [0.05, 0.1) is 5.69 Å². The summed E-state index contributed by atoms with van der Waals surface area (Å²) in [5, 5.41) is 3.15. The number of anilines is 2. The molecule has 3 heterocycles. The van der Waals surface area contributed by atoms with Crippen molar-refractivity contribution in [1.29, 1.82) is 0 Å². The third-order valence-corrected chi connectivity index (χ3v) is 9.00. The monoisotopic (exact) mass is 565 g/mol. The Morgan fingerprint density at radius 2 is 1.80 bits per heavy atom. The van der Waals surface area contributed by atoms with Gasteiger partial charge in [-0.25, -0.2) is 4.39 Å². The summed E-state index contributed by atoms with van der Waals surface area (Å²) >= 11 is 1.58. The molecule has 0 saturated carbocycles. The van der Waals surface area contributed by atoms with Crippen LogP contribution in [0.3, 0.4) is 0 Å². The number of esters is 1. The van der Waals surface area contributed by atoms with E-state index in [0.29, 0.717) is 12.8 Å². The Morgan fingerprint density at radius 3 is 2.62 bits per heavy atom. The molecule has 8 heteroatoms. The van der Waals surface area contributed by atoms with Crippen molar-refractivity contribution in [1.82, 2.24) is 4.90 Å². The zero-order chi connectivity index (χ0) is 27.9. The van der Waals surface area contributed by atoms with Gasteiger partial charge >= 0.3 is 5.97 Å². The maximum atomic E-state index is 14.2. The number of unbranched alkanes of at least 4 members (excludes halogenated alkanes) is 4. The molecule has 40 heavy (non-hydrogen) atoms. The first-order valence-corrected chi connectivity index (χ1v) is 15.6. The fourth-order valence-electron chi connectivity index (χ4n) is 5.74. The van der Waals surface area contributed by atoms with Gasteiger partial charge in [0.15, 0.2) is 6.73 Å². The number of aryl methyl sites for hydroxylation is 1. The molecule has 1 saturated heterocycles. The molecule has 0 atom stereocenters. The highest BCUT2D eigenvalue weighted by molar-refractivity contribution is 7.17. The second kappa shape index (κ2) is 13.6. The van der Waals surface area contributed by atoms with Crippen molar-refractivity contribution in [3.05, 3.63) is 58.7 Å². The summed E-state index contributed by atoms with van der Waals surface area (Å²) < 4.78 is 20.7. The van der Waals surface area contributed by atoms with E-state index in [-0.39, 0.29) is 24.4 Å². The van der Waals surface area contributed by atoms with Crippen LogP contribution in [0, 0.1) is 5.82 Å². The number of ether oxygens (including phenoxy) is 1. The number of rotatable bonds is 12. The number of carbonyl (C=O) groups is 2. The Morgan fingerprint density at radius 1 is 0.975 bits per heavy atom. The molecular weight excluding hydrogens is 525 g/mol.